The molecule has 30 heavy (non-hydrogen) atoms. The number of benzene rings is 2. The maximum Gasteiger partial charge on any atom is 0.254 e. The number of hydrogen-bond acceptors (Lipinski definition) is 3. The molecule has 2 aromatic carbocycles. The maximum atomic E-state index is 13.7. The Morgan fingerprint density at radius 2 is 1.87 bits per heavy atom. The predicted molar refractivity (Wildman–Crippen MR) is 118 cm³/mol. The summed E-state index contributed by atoms with van der Waals surface area (Å²) in [5.74, 6) is 0.418. The second-order valence-corrected chi connectivity index (χ2v) is 8.63. The molecule has 3 aliphatic rings. The normalized spacial score (nSPS) is 25.1. The summed E-state index contributed by atoms with van der Waals surface area (Å²) in [5.41, 5.74) is 2.00. The zero-order valence-electron chi connectivity index (χ0n) is 17.0. The number of aliphatic imine (C=N–C) groups is 1. The van der Waals surface area contributed by atoms with Gasteiger partial charge in [0.1, 0.15) is 17.2 Å². The molecule has 1 atom stereocenters. The lowest BCUT2D eigenvalue weighted by Gasteiger charge is -2.47. The molecule has 0 unspecified atom stereocenters. The van der Waals surface area contributed by atoms with Crippen LogP contribution in [0.25, 0.3) is 0 Å². The standard InChI is InChI=1S/C24H27FN4O/c25-18-8-5-7-17(15-18)22(30)29-14-6-13-24(16-29)23(26-19-9-1-2-10-19)27-20-11-3-4-12-21(20)28-24/h3-5,7-8,11-12,15,19,28H,1-2,6,9-10,13-14,16H2,(H,26,27)/t24-/m1/s1. The second-order valence-electron chi connectivity index (χ2n) is 8.63. The highest BCUT2D eigenvalue weighted by Gasteiger charge is 2.45. The third-order valence-corrected chi connectivity index (χ3v) is 6.49. The van der Waals surface area contributed by atoms with Gasteiger partial charge in [-0.05, 0) is 56.0 Å². The van der Waals surface area contributed by atoms with E-state index < -0.39 is 5.54 Å². The lowest BCUT2D eigenvalue weighted by atomic mass is 9.84. The highest BCUT2D eigenvalue weighted by molar-refractivity contribution is 6.10. The number of carbonyl (C=O) groups is 1. The number of piperidine rings is 1. The highest BCUT2D eigenvalue weighted by Crippen LogP contribution is 2.37. The zero-order valence-corrected chi connectivity index (χ0v) is 17.0. The number of para-hydroxylation sites is 2. The van der Waals surface area contributed by atoms with Crippen LogP contribution >= 0.6 is 0 Å². The molecule has 1 saturated heterocycles. The molecule has 2 N–H and O–H groups in total. The number of amidine groups is 1. The highest BCUT2D eigenvalue weighted by atomic mass is 19.1. The average molecular weight is 407 g/mol. The minimum absolute atomic E-state index is 0.130. The lowest BCUT2D eigenvalue weighted by molar-refractivity contribution is 0.0694. The average Bonchev–Trinajstić information content (AvgIpc) is 3.27. The third kappa shape index (κ3) is 3.55. The molecule has 1 spiro atoms. The van der Waals surface area contributed by atoms with Gasteiger partial charge in [-0.2, -0.15) is 0 Å². The Morgan fingerprint density at radius 1 is 1.07 bits per heavy atom. The summed E-state index contributed by atoms with van der Waals surface area (Å²) in [4.78, 5) is 20.1. The van der Waals surface area contributed by atoms with Crippen molar-refractivity contribution in [2.24, 2.45) is 4.99 Å². The molecule has 1 aliphatic carbocycles. The fourth-order valence-electron chi connectivity index (χ4n) is 4.97. The van der Waals surface area contributed by atoms with E-state index in [-0.39, 0.29) is 11.7 Å². The number of carbonyl (C=O) groups excluding carboxylic acids is 1. The molecule has 156 valence electrons. The number of nitrogens with one attached hydrogen (secondary N) is 2. The van der Waals surface area contributed by atoms with E-state index in [1.165, 1.54) is 25.0 Å². The van der Waals surface area contributed by atoms with Crippen molar-refractivity contribution in [1.29, 1.82) is 0 Å². The van der Waals surface area contributed by atoms with Gasteiger partial charge < -0.3 is 15.5 Å². The molecule has 2 aliphatic heterocycles. The minimum Gasteiger partial charge on any atom is -0.370 e. The Hall–Kier alpha value is -2.89. The number of nitrogens with zero attached hydrogens (tertiary/aromatic N) is 2. The fourth-order valence-corrected chi connectivity index (χ4v) is 4.97. The summed E-state index contributed by atoms with van der Waals surface area (Å²) >= 11 is 0. The van der Waals surface area contributed by atoms with E-state index in [4.69, 9.17) is 4.99 Å². The molecule has 2 aromatic rings. The minimum atomic E-state index is -0.446. The van der Waals surface area contributed by atoms with Gasteiger partial charge in [0.25, 0.3) is 5.91 Å². The molecule has 6 heteroatoms. The maximum absolute atomic E-state index is 13.7. The Morgan fingerprint density at radius 3 is 2.67 bits per heavy atom. The quantitative estimate of drug-likeness (QED) is 0.761. The molecule has 0 radical (unpaired) electrons. The Bertz CT molecular complexity index is 985. The summed E-state index contributed by atoms with van der Waals surface area (Å²) in [5, 5.41) is 7.31. The number of likely N-dealkylation sites (tertiary alicyclic amines) is 1. The van der Waals surface area contributed by atoms with Crippen LogP contribution in [-0.2, 0) is 0 Å². The number of fused-ring (bicyclic) bond motifs is 1. The van der Waals surface area contributed by atoms with Gasteiger partial charge >= 0.3 is 0 Å². The van der Waals surface area contributed by atoms with Crippen LogP contribution in [0, 0.1) is 5.82 Å². The molecule has 5 nitrogen and oxygen atoms in total. The van der Waals surface area contributed by atoms with Crippen LogP contribution in [-0.4, -0.2) is 41.3 Å². The molecular formula is C24H27FN4O. The van der Waals surface area contributed by atoms with E-state index >= 15 is 0 Å². The molecular weight excluding hydrogens is 379 g/mol. The first-order valence-electron chi connectivity index (χ1n) is 10.9. The molecule has 0 bridgehead atoms. The van der Waals surface area contributed by atoms with Crippen molar-refractivity contribution in [3.63, 3.8) is 0 Å². The van der Waals surface area contributed by atoms with Gasteiger partial charge in [0, 0.05) is 12.1 Å². The van der Waals surface area contributed by atoms with Crippen LogP contribution in [0.4, 0.5) is 15.8 Å². The number of rotatable bonds is 2. The predicted octanol–water partition coefficient (Wildman–Crippen LogP) is 4.68. The molecule has 2 heterocycles. The van der Waals surface area contributed by atoms with Gasteiger partial charge in [-0.15, -0.1) is 0 Å². The van der Waals surface area contributed by atoms with Crippen LogP contribution < -0.4 is 10.6 Å². The van der Waals surface area contributed by atoms with Crippen LogP contribution in [0.15, 0.2) is 53.5 Å². The van der Waals surface area contributed by atoms with Gasteiger partial charge in [-0.3, -0.25) is 9.79 Å². The largest absolute Gasteiger partial charge is 0.370 e. The molecule has 1 saturated carbocycles. The number of halogens is 1. The number of anilines is 2. The van der Waals surface area contributed by atoms with Gasteiger partial charge in [-0.1, -0.05) is 31.0 Å². The Balaban J connectivity index is 1.48. The smallest absolute Gasteiger partial charge is 0.254 e. The van der Waals surface area contributed by atoms with Gasteiger partial charge in [0.2, 0.25) is 0 Å². The first kappa shape index (κ1) is 19.1. The van der Waals surface area contributed by atoms with Crippen molar-refractivity contribution >= 4 is 23.1 Å². The van der Waals surface area contributed by atoms with Crippen molar-refractivity contribution in [2.45, 2.75) is 50.1 Å². The first-order valence-corrected chi connectivity index (χ1v) is 10.9. The number of amides is 1. The van der Waals surface area contributed by atoms with Crippen LogP contribution in [0.1, 0.15) is 48.9 Å². The third-order valence-electron chi connectivity index (χ3n) is 6.49. The molecule has 5 rings (SSSR count). The fraction of sp³-hybridized carbons (Fsp3) is 0.417. The topological polar surface area (TPSA) is 56.7 Å². The second kappa shape index (κ2) is 7.74. The van der Waals surface area contributed by atoms with E-state index in [9.17, 15) is 9.18 Å². The Labute approximate surface area is 176 Å². The zero-order chi connectivity index (χ0) is 20.6. The first-order chi connectivity index (χ1) is 14.6. The van der Waals surface area contributed by atoms with E-state index in [1.807, 2.05) is 17.0 Å². The Kier molecular flexibility index (Phi) is 4.93. The SMILES string of the molecule is O=C(c1cccc(F)c1)N1CCC[C@]2(C1)Nc1ccccc1NC2=NC1CCCC1. The monoisotopic (exact) mass is 406 g/mol. The van der Waals surface area contributed by atoms with Crippen LogP contribution in [0.2, 0.25) is 0 Å². The molecule has 0 aromatic heterocycles. The molecule has 1 amide bonds. The van der Waals surface area contributed by atoms with E-state index in [1.54, 1.807) is 12.1 Å². The van der Waals surface area contributed by atoms with Crippen molar-refractivity contribution < 1.29 is 9.18 Å². The van der Waals surface area contributed by atoms with Crippen LogP contribution in [0.5, 0.6) is 0 Å². The lowest BCUT2D eigenvalue weighted by Crippen LogP contribution is -2.62. The summed E-state index contributed by atoms with van der Waals surface area (Å²) in [6.07, 6.45) is 6.45. The van der Waals surface area contributed by atoms with Crippen molar-refractivity contribution in [3.8, 4) is 0 Å². The van der Waals surface area contributed by atoms with Crippen molar-refractivity contribution in [2.75, 3.05) is 23.7 Å². The van der Waals surface area contributed by atoms with Crippen molar-refractivity contribution in [1.82, 2.24) is 4.90 Å². The van der Waals surface area contributed by atoms with Crippen molar-refractivity contribution in [3.05, 3.63) is 59.9 Å². The van der Waals surface area contributed by atoms with E-state index in [0.29, 0.717) is 24.7 Å². The summed E-state index contributed by atoms with van der Waals surface area (Å²) in [6.45, 7) is 1.17. The van der Waals surface area contributed by atoms with Gasteiger partial charge in [0.15, 0.2) is 0 Å². The van der Waals surface area contributed by atoms with Crippen LogP contribution in [0.3, 0.4) is 0 Å². The number of hydrogen-bond donors (Lipinski definition) is 2. The molecule has 2 fully saturated rings. The van der Waals surface area contributed by atoms with E-state index in [0.717, 1.165) is 42.9 Å². The summed E-state index contributed by atoms with van der Waals surface area (Å²) in [7, 11) is 0. The van der Waals surface area contributed by atoms with E-state index in [2.05, 4.69) is 22.8 Å². The summed E-state index contributed by atoms with van der Waals surface area (Å²) < 4.78 is 13.7. The van der Waals surface area contributed by atoms with Gasteiger partial charge in [0.05, 0.1) is 24.0 Å². The summed E-state index contributed by atoms with van der Waals surface area (Å²) in [6, 6.07) is 14.4. The van der Waals surface area contributed by atoms with Gasteiger partial charge in [-0.25, -0.2) is 4.39 Å².